The summed E-state index contributed by atoms with van der Waals surface area (Å²) in [6.07, 6.45) is 0. The van der Waals surface area contributed by atoms with Gasteiger partial charge in [0, 0.05) is 25.7 Å². The van der Waals surface area contributed by atoms with Crippen LogP contribution < -0.4 is 0 Å². The predicted molar refractivity (Wildman–Crippen MR) is 83.5 cm³/mol. The normalized spacial score (nSPS) is 9.41. The van der Waals surface area contributed by atoms with Crippen LogP contribution in [-0.4, -0.2) is 34.2 Å². The molecule has 0 spiro atoms. The molecule has 0 saturated carbocycles. The number of Topliss-reactive ketones (excluding diaryl/α,β-unsaturated/α-hetero) is 4. The summed E-state index contributed by atoms with van der Waals surface area (Å²) in [6.45, 7) is 12.7. The van der Waals surface area contributed by atoms with Gasteiger partial charge in [-0.1, -0.05) is 41.5 Å². The SMILES string of the molecule is CC(=O)C(=O)C(C)C.CC(=O)C(=O)C(C)C.CC(C)C(=O)O. The minimum absolute atomic E-state index is 0.146. The third-order valence-electron chi connectivity index (χ3n) is 2.24. The number of hydrogen-bond acceptors (Lipinski definition) is 5. The minimum Gasteiger partial charge on any atom is -0.481 e. The second-order valence-corrected chi connectivity index (χ2v) is 5.64. The maximum Gasteiger partial charge on any atom is 0.305 e. The lowest BCUT2D eigenvalue weighted by atomic mass is 10.1. The van der Waals surface area contributed by atoms with Crippen molar-refractivity contribution in [2.75, 3.05) is 0 Å². The zero-order valence-corrected chi connectivity index (χ0v) is 14.7. The first-order valence-corrected chi connectivity index (χ1v) is 7.07. The average molecular weight is 316 g/mol. The molecule has 0 aliphatic carbocycles. The van der Waals surface area contributed by atoms with E-state index >= 15 is 0 Å². The van der Waals surface area contributed by atoms with Gasteiger partial charge in [0.05, 0.1) is 5.92 Å². The molecule has 6 nitrogen and oxygen atoms in total. The van der Waals surface area contributed by atoms with Crippen LogP contribution in [0.15, 0.2) is 0 Å². The molecule has 1 N–H and O–H groups in total. The Morgan fingerprint density at radius 3 is 0.773 bits per heavy atom. The Morgan fingerprint density at radius 1 is 0.591 bits per heavy atom. The van der Waals surface area contributed by atoms with Gasteiger partial charge >= 0.3 is 5.97 Å². The molecule has 0 aromatic rings. The van der Waals surface area contributed by atoms with Crippen LogP contribution in [0.4, 0.5) is 0 Å². The maximum atomic E-state index is 10.5. The van der Waals surface area contributed by atoms with E-state index in [1.807, 2.05) is 0 Å². The van der Waals surface area contributed by atoms with Gasteiger partial charge in [-0.15, -0.1) is 0 Å². The summed E-state index contributed by atoms with van der Waals surface area (Å²) in [7, 11) is 0. The molecule has 0 heterocycles. The lowest BCUT2D eigenvalue weighted by Gasteiger charge is -1.95. The Labute approximate surface area is 132 Å². The van der Waals surface area contributed by atoms with Crippen LogP contribution in [0.3, 0.4) is 0 Å². The Kier molecular flexibility index (Phi) is 14.7. The van der Waals surface area contributed by atoms with Crippen molar-refractivity contribution < 1.29 is 29.1 Å². The number of ketones is 4. The molecule has 0 radical (unpaired) electrons. The Hall–Kier alpha value is -1.85. The second kappa shape index (κ2) is 12.9. The molecule has 0 bridgehead atoms. The van der Waals surface area contributed by atoms with Crippen LogP contribution in [0.25, 0.3) is 0 Å². The first kappa shape index (κ1) is 25.1. The van der Waals surface area contributed by atoms with Crippen LogP contribution in [-0.2, 0) is 24.0 Å². The zero-order chi connectivity index (χ0) is 18.6. The maximum absolute atomic E-state index is 10.5. The van der Waals surface area contributed by atoms with Gasteiger partial charge in [-0.2, -0.15) is 0 Å². The fourth-order valence-corrected chi connectivity index (χ4v) is 0.813. The van der Waals surface area contributed by atoms with Crippen molar-refractivity contribution in [3.63, 3.8) is 0 Å². The van der Waals surface area contributed by atoms with Gasteiger partial charge in [-0.3, -0.25) is 24.0 Å². The number of carbonyl (C=O) groups is 5. The van der Waals surface area contributed by atoms with Gasteiger partial charge in [0.15, 0.2) is 11.6 Å². The van der Waals surface area contributed by atoms with Crippen LogP contribution in [0.2, 0.25) is 0 Å². The molecule has 128 valence electrons. The molecule has 0 aliphatic heterocycles. The monoisotopic (exact) mass is 316 g/mol. The summed E-state index contributed by atoms with van der Waals surface area (Å²) >= 11 is 0. The highest BCUT2D eigenvalue weighted by Crippen LogP contribution is 1.94. The summed E-state index contributed by atoms with van der Waals surface area (Å²) in [5.41, 5.74) is 0. The lowest BCUT2D eigenvalue weighted by Crippen LogP contribution is -2.15. The molecular weight excluding hydrogens is 288 g/mol. The van der Waals surface area contributed by atoms with Crippen molar-refractivity contribution in [1.82, 2.24) is 0 Å². The number of aliphatic carboxylic acids is 1. The smallest absolute Gasteiger partial charge is 0.305 e. The second-order valence-electron chi connectivity index (χ2n) is 5.64. The zero-order valence-electron chi connectivity index (χ0n) is 14.7. The number of carbonyl (C=O) groups excluding carboxylic acids is 4. The molecule has 0 aromatic heterocycles. The van der Waals surface area contributed by atoms with Gasteiger partial charge in [0.2, 0.25) is 11.6 Å². The number of carboxylic acid groups (broad SMARTS) is 1. The molecule has 0 unspecified atom stereocenters. The molecule has 22 heavy (non-hydrogen) atoms. The number of rotatable bonds is 5. The van der Waals surface area contributed by atoms with Crippen LogP contribution in [0.5, 0.6) is 0 Å². The first-order valence-electron chi connectivity index (χ1n) is 7.07. The molecule has 6 heteroatoms. The Bertz CT molecular complexity index is 375. The van der Waals surface area contributed by atoms with E-state index in [1.54, 1.807) is 41.5 Å². The Morgan fingerprint density at radius 2 is 0.773 bits per heavy atom. The fourth-order valence-electron chi connectivity index (χ4n) is 0.813. The predicted octanol–water partition coefficient (Wildman–Crippen LogP) is 2.33. The molecule has 0 fully saturated rings. The van der Waals surface area contributed by atoms with Crippen molar-refractivity contribution in [2.45, 2.75) is 55.4 Å². The number of carboxylic acids is 1. The standard InChI is InChI=1S/2C6H10O2.C4H8O2/c2*1-4(2)6(8)5(3)7;1-3(2)4(5)6/h2*4H,1-3H3;3H,1-2H3,(H,5,6). The quantitative estimate of drug-likeness (QED) is 0.780. The molecule has 0 aromatic carbocycles. The van der Waals surface area contributed by atoms with Crippen molar-refractivity contribution >= 4 is 29.1 Å². The lowest BCUT2D eigenvalue weighted by molar-refractivity contribution is -0.140. The third-order valence-corrected chi connectivity index (χ3v) is 2.24. The molecular formula is C16H28O6. The van der Waals surface area contributed by atoms with Gasteiger partial charge in [-0.25, -0.2) is 0 Å². The van der Waals surface area contributed by atoms with E-state index in [0.29, 0.717) is 0 Å². The van der Waals surface area contributed by atoms with E-state index in [4.69, 9.17) is 5.11 Å². The minimum atomic E-state index is -0.741. The molecule has 0 atom stereocenters. The molecule has 0 amide bonds. The topological polar surface area (TPSA) is 106 Å². The van der Waals surface area contributed by atoms with E-state index < -0.39 is 5.97 Å². The summed E-state index contributed by atoms with van der Waals surface area (Å²) in [4.78, 5) is 51.2. The van der Waals surface area contributed by atoms with Crippen molar-refractivity contribution in [2.24, 2.45) is 17.8 Å². The van der Waals surface area contributed by atoms with Crippen molar-refractivity contribution in [3.8, 4) is 0 Å². The van der Waals surface area contributed by atoms with E-state index in [0.717, 1.165) is 0 Å². The van der Waals surface area contributed by atoms with Gasteiger partial charge in [-0.05, 0) is 0 Å². The largest absolute Gasteiger partial charge is 0.481 e. The van der Waals surface area contributed by atoms with E-state index in [9.17, 15) is 24.0 Å². The van der Waals surface area contributed by atoms with Crippen molar-refractivity contribution in [1.29, 1.82) is 0 Å². The summed E-state index contributed by atoms with van der Waals surface area (Å²) in [6, 6.07) is 0. The number of hydrogen-bond donors (Lipinski definition) is 1. The highest BCUT2D eigenvalue weighted by Gasteiger charge is 2.11. The Balaban J connectivity index is -0.000000249. The molecule has 0 saturated heterocycles. The van der Waals surface area contributed by atoms with Crippen molar-refractivity contribution in [3.05, 3.63) is 0 Å². The van der Waals surface area contributed by atoms with Gasteiger partial charge in [0.1, 0.15) is 0 Å². The molecule has 0 rings (SSSR count). The third kappa shape index (κ3) is 16.2. The average Bonchev–Trinajstić information content (AvgIpc) is 2.37. The molecule has 0 aliphatic rings. The summed E-state index contributed by atoms with van der Waals surface area (Å²) in [5, 5.41) is 7.99. The van der Waals surface area contributed by atoms with Crippen LogP contribution >= 0.6 is 0 Å². The van der Waals surface area contributed by atoms with Crippen LogP contribution in [0, 0.1) is 17.8 Å². The fraction of sp³-hybridized carbons (Fsp3) is 0.688. The first-order chi connectivity index (χ1) is 9.75. The van der Waals surface area contributed by atoms with E-state index in [-0.39, 0.29) is 40.9 Å². The highest BCUT2D eigenvalue weighted by atomic mass is 16.4. The summed E-state index contributed by atoms with van der Waals surface area (Å²) in [5.74, 6) is -2.53. The van der Waals surface area contributed by atoms with E-state index in [2.05, 4.69) is 0 Å². The van der Waals surface area contributed by atoms with E-state index in [1.165, 1.54) is 13.8 Å². The highest BCUT2D eigenvalue weighted by molar-refractivity contribution is 6.37. The van der Waals surface area contributed by atoms with Gasteiger partial charge < -0.3 is 5.11 Å². The summed E-state index contributed by atoms with van der Waals surface area (Å²) < 4.78 is 0. The van der Waals surface area contributed by atoms with Crippen LogP contribution in [0.1, 0.15) is 55.4 Å². The van der Waals surface area contributed by atoms with Gasteiger partial charge in [0.25, 0.3) is 0 Å².